The summed E-state index contributed by atoms with van der Waals surface area (Å²) in [5.41, 5.74) is 1.16. The molecule has 172 valence electrons. The molecule has 1 amide bonds. The van der Waals surface area contributed by atoms with Crippen molar-refractivity contribution in [1.29, 1.82) is 0 Å². The second-order valence-electron chi connectivity index (χ2n) is 7.28. The van der Waals surface area contributed by atoms with Crippen LogP contribution in [0.15, 0.2) is 36.4 Å². The molecule has 33 heavy (non-hydrogen) atoms. The van der Waals surface area contributed by atoms with E-state index in [1.165, 1.54) is 29.8 Å². The maximum atomic E-state index is 12.5. The Balaban J connectivity index is 1.76. The second kappa shape index (κ2) is 9.65. The Labute approximate surface area is 193 Å². The number of hydrogen-bond acceptors (Lipinski definition) is 7. The molecule has 3 aromatic rings. The van der Waals surface area contributed by atoms with Crippen molar-refractivity contribution in [2.45, 2.75) is 33.7 Å². The lowest BCUT2D eigenvalue weighted by atomic mass is 10.2. The Morgan fingerprint density at radius 1 is 1.12 bits per heavy atom. The minimum Gasteiger partial charge on any atom is -0.457 e. The molecular formula is C21H20ClN5O6. The predicted molar refractivity (Wildman–Crippen MR) is 121 cm³/mol. The highest BCUT2D eigenvalue weighted by Crippen LogP contribution is 2.32. The van der Waals surface area contributed by atoms with Gasteiger partial charge >= 0.3 is 5.69 Å². The van der Waals surface area contributed by atoms with E-state index in [1.54, 1.807) is 32.0 Å². The van der Waals surface area contributed by atoms with E-state index >= 15 is 0 Å². The summed E-state index contributed by atoms with van der Waals surface area (Å²) in [7, 11) is 0. The number of aromatic nitrogens is 2. The molecule has 0 radical (unpaired) electrons. The number of ether oxygens (including phenoxy) is 1. The average molecular weight is 474 g/mol. The van der Waals surface area contributed by atoms with Gasteiger partial charge in [0.1, 0.15) is 22.9 Å². The third-order valence-corrected chi connectivity index (χ3v) is 5.06. The quantitative estimate of drug-likeness (QED) is 0.354. The molecule has 0 aliphatic rings. The molecule has 3 rings (SSSR count). The number of nitro benzene ring substituents is 1. The van der Waals surface area contributed by atoms with Crippen LogP contribution in [-0.4, -0.2) is 25.5 Å². The van der Waals surface area contributed by atoms with Gasteiger partial charge in [0.15, 0.2) is 0 Å². The Kier molecular flexibility index (Phi) is 6.92. The fraction of sp³-hybridized carbons (Fsp3) is 0.238. The summed E-state index contributed by atoms with van der Waals surface area (Å²) in [4.78, 5) is 33.8. The van der Waals surface area contributed by atoms with Crippen LogP contribution in [0.4, 0.5) is 17.1 Å². The number of rotatable bonds is 8. The maximum Gasteiger partial charge on any atom is 0.312 e. The van der Waals surface area contributed by atoms with Crippen molar-refractivity contribution in [3.63, 3.8) is 0 Å². The molecule has 11 nitrogen and oxygen atoms in total. The number of nitrogens with one attached hydrogen (secondary N) is 1. The van der Waals surface area contributed by atoms with Crippen LogP contribution in [0.25, 0.3) is 0 Å². The molecule has 1 aromatic heterocycles. The lowest BCUT2D eigenvalue weighted by Crippen LogP contribution is -2.16. The summed E-state index contributed by atoms with van der Waals surface area (Å²) < 4.78 is 7.16. The molecule has 0 unspecified atom stereocenters. The topological polar surface area (TPSA) is 142 Å². The number of non-ortho nitro benzene ring substituents is 1. The van der Waals surface area contributed by atoms with Crippen LogP contribution in [0.3, 0.4) is 0 Å². The van der Waals surface area contributed by atoms with Gasteiger partial charge in [0.2, 0.25) is 5.91 Å². The Morgan fingerprint density at radius 3 is 2.45 bits per heavy atom. The van der Waals surface area contributed by atoms with Crippen molar-refractivity contribution >= 4 is 34.6 Å². The number of hydrogen-bond donors (Lipinski definition) is 1. The molecule has 0 spiro atoms. The third kappa shape index (κ3) is 5.63. The van der Waals surface area contributed by atoms with Gasteiger partial charge < -0.3 is 10.1 Å². The number of carbonyl (C=O) groups is 1. The van der Waals surface area contributed by atoms with Gasteiger partial charge in [0.05, 0.1) is 28.1 Å². The summed E-state index contributed by atoms with van der Waals surface area (Å²) in [5, 5.41) is 29.7. The van der Waals surface area contributed by atoms with Gasteiger partial charge in [0, 0.05) is 23.6 Å². The Bertz CT molecular complexity index is 1260. The number of amides is 1. The van der Waals surface area contributed by atoms with E-state index in [4.69, 9.17) is 16.3 Å². The van der Waals surface area contributed by atoms with Crippen molar-refractivity contribution in [1.82, 2.24) is 9.78 Å². The number of halogens is 1. The number of nitrogens with zero attached hydrogens (tertiary/aromatic N) is 4. The maximum absolute atomic E-state index is 12.5. The molecule has 2 aromatic carbocycles. The zero-order valence-electron chi connectivity index (χ0n) is 18.0. The summed E-state index contributed by atoms with van der Waals surface area (Å²) in [6.07, 6.45) is -0.0473. The average Bonchev–Trinajstić information content (AvgIpc) is 3.01. The molecule has 12 heteroatoms. The Hall–Kier alpha value is -3.99. The zero-order chi connectivity index (χ0) is 24.3. The van der Waals surface area contributed by atoms with Gasteiger partial charge in [-0.25, -0.2) is 0 Å². The molecule has 0 saturated heterocycles. The second-order valence-corrected chi connectivity index (χ2v) is 7.72. The highest BCUT2D eigenvalue weighted by Gasteiger charge is 2.22. The molecule has 1 heterocycles. The largest absolute Gasteiger partial charge is 0.457 e. The number of carbonyl (C=O) groups excluding carboxylic acids is 1. The van der Waals surface area contributed by atoms with E-state index < -0.39 is 15.8 Å². The van der Waals surface area contributed by atoms with E-state index in [0.29, 0.717) is 16.5 Å². The van der Waals surface area contributed by atoms with Crippen LogP contribution in [-0.2, 0) is 11.3 Å². The van der Waals surface area contributed by atoms with Crippen LogP contribution < -0.4 is 10.1 Å². The van der Waals surface area contributed by atoms with E-state index in [0.717, 1.165) is 5.56 Å². The molecular weight excluding hydrogens is 454 g/mol. The lowest BCUT2D eigenvalue weighted by molar-refractivity contribution is -0.386. The molecule has 0 aliphatic heterocycles. The first-order chi connectivity index (χ1) is 15.5. The van der Waals surface area contributed by atoms with Crippen LogP contribution in [0.2, 0.25) is 5.02 Å². The fourth-order valence-electron chi connectivity index (χ4n) is 3.27. The number of anilines is 1. The monoisotopic (exact) mass is 473 g/mol. The first-order valence-electron chi connectivity index (χ1n) is 9.77. The summed E-state index contributed by atoms with van der Waals surface area (Å²) in [6, 6.07) is 8.90. The van der Waals surface area contributed by atoms with E-state index in [9.17, 15) is 25.0 Å². The molecule has 0 saturated carbocycles. The van der Waals surface area contributed by atoms with Crippen molar-refractivity contribution in [2.75, 3.05) is 5.32 Å². The molecule has 0 aliphatic carbocycles. The highest BCUT2D eigenvalue weighted by molar-refractivity contribution is 6.30. The molecule has 1 N–H and O–H groups in total. The van der Waals surface area contributed by atoms with Crippen LogP contribution in [0, 0.1) is 41.0 Å². The van der Waals surface area contributed by atoms with Gasteiger partial charge in [-0.2, -0.15) is 5.10 Å². The van der Waals surface area contributed by atoms with Crippen LogP contribution in [0.1, 0.15) is 23.4 Å². The highest BCUT2D eigenvalue weighted by atomic mass is 35.5. The minimum absolute atomic E-state index is 0.0473. The zero-order valence-corrected chi connectivity index (χ0v) is 18.8. The SMILES string of the molecule is Cc1cc(Cl)ccc1Oc1cc(NC(=O)CCn2nc(C)c([N+](=O)[O-])c2C)cc([N+](=O)[O-])c1. The predicted octanol–water partition coefficient (Wildman–Crippen LogP) is 5.10. The van der Waals surface area contributed by atoms with Gasteiger partial charge in [0.25, 0.3) is 5.69 Å². The lowest BCUT2D eigenvalue weighted by Gasteiger charge is -2.11. The number of benzene rings is 2. The molecule has 0 fully saturated rings. The van der Waals surface area contributed by atoms with Gasteiger partial charge in [-0.15, -0.1) is 0 Å². The number of aryl methyl sites for hydroxylation is 3. The van der Waals surface area contributed by atoms with E-state index in [2.05, 4.69) is 10.4 Å². The standard InChI is InChI=1S/C21H20ClN5O6/c1-12-8-15(22)4-5-19(12)33-18-10-16(9-17(11-18)26(29)30)23-20(28)6-7-25-14(3)21(27(31)32)13(2)24-25/h4-5,8-11H,6-7H2,1-3H3,(H,23,28). The molecule has 0 atom stereocenters. The Morgan fingerprint density at radius 2 is 1.85 bits per heavy atom. The summed E-state index contributed by atoms with van der Waals surface area (Å²) in [6.45, 7) is 4.97. The van der Waals surface area contributed by atoms with Crippen molar-refractivity contribution < 1.29 is 19.4 Å². The van der Waals surface area contributed by atoms with Crippen LogP contribution in [0.5, 0.6) is 11.5 Å². The van der Waals surface area contributed by atoms with E-state index in [1.807, 2.05) is 0 Å². The third-order valence-electron chi connectivity index (χ3n) is 4.83. The van der Waals surface area contributed by atoms with Crippen LogP contribution >= 0.6 is 11.6 Å². The smallest absolute Gasteiger partial charge is 0.312 e. The summed E-state index contributed by atoms with van der Waals surface area (Å²) in [5.74, 6) is 0.182. The summed E-state index contributed by atoms with van der Waals surface area (Å²) >= 11 is 5.95. The normalized spacial score (nSPS) is 10.7. The van der Waals surface area contributed by atoms with E-state index in [-0.39, 0.29) is 41.5 Å². The van der Waals surface area contributed by atoms with Gasteiger partial charge in [-0.3, -0.25) is 29.7 Å². The van der Waals surface area contributed by atoms with Gasteiger partial charge in [-0.1, -0.05) is 11.6 Å². The first-order valence-corrected chi connectivity index (χ1v) is 10.1. The van der Waals surface area contributed by atoms with Crippen molar-refractivity contribution in [2.24, 2.45) is 0 Å². The van der Waals surface area contributed by atoms with Crippen molar-refractivity contribution in [3.8, 4) is 11.5 Å². The van der Waals surface area contributed by atoms with Gasteiger partial charge in [-0.05, 0) is 44.5 Å². The fourth-order valence-corrected chi connectivity index (χ4v) is 3.50. The minimum atomic E-state index is -0.591. The molecule has 0 bridgehead atoms. The first kappa shape index (κ1) is 23.7. The van der Waals surface area contributed by atoms with Crippen molar-refractivity contribution in [3.05, 3.63) is 78.6 Å². The number of nitro groups is 2.